The summed E-state index contributed by atoms with van der Waals surface area (Å²) < 4.78 is 10.7. The van der Waals surface area contributed by atoms with Gasteiger partial charge >= 0.3 is 0 Å². The van der Waals surface area contributed by atoms with Gasteiger partial charge < -0.3 is 19.7 Å². The number of ether oxygens (including phenoxy) is 2. The van der Waals surface area contributed by atoms with Gasteiger partial charge in [0, 0.05) is 26.1 Å². The molecule has 0 unspecified atom stereocenters. The first-order valence-electron chi connectivity index (χ1n) is 9.03. The highest BCUT2D eigenvalue weighted by Crippen LogP contribution is 2.46. The molecule has 1 aromatic rings. The first-order chi connectivity index (χ1) is 12.1. The molecule has 0 aromatic heterocycles. The van der Waals surface area contributed by atoms with Crippen molar-refractivity contribution in [1.29, 1.82) is 0 Å². The summed E-state index contributed by atoms with van der Waals surface area (Å²) in [4.78, 5) is 27.0. The fraction of sp³-hybridized carbons (Fsp3) is 0.579. The molecule has 0 bridgehead atoms. The number of nitrogens with one attached hydrogen (secondary N) is 1. The van der Waals surface area contributed by atoms with Gasteiger partial charge in [-0.25, -0.2) is 0 Å². The van der Waals surface area contributed by atoms with Crippen molar-refractivity contribution in [3.8, 4) is 11.5 Å². The number of carbonyl (C=O) groups is 2. The molecular formula is C19H24N2O4. The number of amides is 2. The smallest absolute Gasteiger partial charge is 0.231 e. The van der Waals surface area contributed by atoms with Crippen LogP contribution in [0.2, 0.25) is 0 Å². The van der Waals surface area contributed by atoms with E-state index >= 15 is 0 Å². The van der Waals surface area contributed by atoms with Crippen LogP contribution in [0.25, 0.3) is 0 Å². The molecule has 2 aliphatic heterocycles. The lowest BCUT2D eigenvalue weighted by Crippen LogP contribution is -2.60. The summed E-state index contributed by atoms with van der Waals surface area (Å²) in [6, 6.07) is 5.76. The normalized spacial score (nSPS) is 27.8. The molecule has 1 aromatic carbocycles. The van der Waals surface area contributed by atoms with Gasteiger partial charge in [-0.1, -0.05) is 18.9 Å². The van der Waals surface area contributed by atoms with Crippen molar-refractivity contribution >= 4 is 11.8 Å². The average Bonchev–Trinajstić information content (AvgIpc) is 3.10. The number of fused-ring (bicyclic) bond motifs is 2. The molecule has 0 radical (unpaired) electrons. The van der Waals surface area contributed by atoms with Gasteiger partial charge in [0.2, 0.25) is 18.6 Å². The lowest BCUT2D eigenvalue weighted by atomic mass is 9.64. The Bertz CT molecular complexity index is 705. The van der Waals surface area contributed by atoms with Crippen molar-refractivity contribution in [2.45, 2.75) is 51.1 Å². The van der Waals surface area contributed by atoms with Crippen molar-refractivity contribution in [3.63, 3.8) is 0 Å². The van der Waals surface area contributed by atoms with Gasteiger partial charge in [0.05, 0.1) is 5.41 Å². The SMILES string of the molecule is CN1C(=O)CC[C@]2(C(=O)NCc3ccc4c(c3)OCO4)CCCC[C@@H]12. The molecule has 0 spiro atoms. The summed E-state index contributed by atoms with van der Waals surface area (Å²) in [6.45, 7) is 0.706. The maximum Gasteiger partial charge on any atom is 0.231 e. The highest BCUT2D eigenvalue weighted by atomic mass is 16.7. The Kier molecular flexibility index (Phi) is 4.06. The third kappa shape index (κ3) is 2.73. The van der Waals surface area contributed by atoms with Gasteiger partial charge in [-0.2, -0.15) is 0 Å². The molecule has 2 heterocycles. The second-order valence-electron chi connectivity index (χ2n) is 7.29. The summed E-state index contributed by atoms with van der Waals surface area (Å²) in [6.07, 6.45) is 5.04. The summed E-state index contributed by atoms with van der Waals surface area (Å²) in [5, 5.41) is 3.11. The maximum absolute atomic E-state index is 13.1. The van der Waals surface area contributed by atoms with E-state index in [2.05, 4.69) is 5.32 Å². The summed E-state index contributed by atoms with van der Waals surface area (Å²) in [7, 11) is 1.84. The second kappa shape index (κ2) is 6.24. The van der Waals surface area contributed by atoms with E-state index in [1.165, 1.54) is 0 Å². The zero-order valence-electron chi connectivity index (χ0n) is 14.5. The molecule has 4 rings (SSSR count). The molecule has 1 N–H and O–H groups in total. The topological polar surface area (TPSA) is 67.9 Å². The van der Waals surface area contributed by atoms with E-state index in [1.54, 1.807) is 0 Å². The molecule has 3 aliphatic rings. The van der Waals surface area contributed by atoms with Crippen molar-refractivity contribution < 1.29 is 19.1 Å². The highest BCUT2D eigenvalue weighted by Gasteiger charge is 2.52. The molecule has 1 saturated heterocycles. The molecule has 6 nitrogen and oxygen atoms in total. The molecule has 2 atom stereocenters. The van der Waals surface area contributed by atoms with Crippen molar-refractivity contribution in [2.24, 2.45) is 5.41 Å². The predicted molar refractivity (Wildman–Crippen MR) is 91.1 cm³/mol. The lowest BCUT2D eigenvalue weighted by Gasteiger charge is -2.50. The molecule has 134 valence electrons. The van der Waals surface area contributed by atoms with Crippen LogP contribution >= 0.6 is 0 Å². The Morgan fingerprint density at radius 3 is 3.00 bits per heavy atom. The summed E-state index contributed by atoms with van der Waals surface area (Å²) in [5.41, 5.74) is 0.554. The predicted octanol–water partition coefficient (Wildman–Crippen LogP) is 2.21. The Balaban J connectivity index is 1.48. The van der Waals surface area contributed by atoms with E-state index in [0.717, 1.165) is 42.7 Å². The van der Waals surface area contributed by atoms with Crippen molar-refractivity contribution in [3.05, 3.63) is 23.8 Å². The number of hydrogen-bond acceptors (Lipinski definition) is 4. The van der Waals surface area contributed by atoms with Gasteiger partial charge in [0.1, 0.15) is 0 Å². The lowest BCUT2D eigenvalue weighted by molar-refractivity contribution is -0.153. The van der Waals surface area contributed by atoms with Gasteiger partial charge in [0.25, 0.3) is 0 Å². The fourth-order valence-corrected chi connectivity index (χ4v) is 4.54. The number of hydrogen-bond donors (Lipinski definition) is 1. The Morgan fingerprint density at radius 1 is 1.28 bits per heavy atom. The fourth-order valence-electron chi connectivity index (χ4n) is 4.54. The molecule has 1 saturated carbocycles. The third-order valence-corrected chi connectivity index (χ3v) is 5.98. The van der Waals surface area contributed by atoms with Crippen molar-refractivity contribution in [1.82, 2.24) is 10.2 Å². The van der Waals surface area contributed by atoms with Gasteiger partial charge in [-0.05, 0) is 37.0 Å². The van der Waals surface area contributed by atoms with Crippen LogP contribution in [0.1, 0.15) is 44.1 Å². The van der Waals surface area contributed by atoms with E-state index in [0.29, 0.717) is 19.4 Å². The first kappa shape index (κ1) is 16.2. The monoisotopic (exact) mass is 344 g/mol. The van der Waals surface area contributed by atoms with E-state index < -0.39 is 5.41 Å². The largest absolute Gasteiger partial charge is 0.454 e. The van der Waals surface area contributed by atoms with Crippen molar-refractivity contribution in [2.75, 3.05) is 13.8 Å². The highest BCUT2D eigenvalue weighted by molar-refractivity contribution is 5.87. The summed E-state index contributed by atoms with van der Waals surface area (Å²) >= 11 is 0. The van der Waals surface area contributed by atoms with Gasteiger partial charge in [-0.3, -0.25) is 9.59 Å². The van der Waals surface area contributed by atoms with E-state index in [4.69, 9.17) is 9.47 Å². The standard InChI is InChI=1S/C19H24N2O4/c1-21-16-4-2-3-8-19(16,9-7-17(21)22)18(23)20-11-13-5-6-14-15(10-13)25-12-24-14/h5-6,10,16H,2-4,7-9,11-12H2,1H3,(H,20,23)/t16-,19-/m1/s1. The first-order valence-corrected chi connectivity index (χ1v) is 9.03. The van der Waals surface area contributed by atoms with Crippen LogP contribution in [0.4, 0.5) is 0 Å². The number of carbonyl (C=O) groups excluding carboxylic acids is 2. The van der Waals surface area contributed by atoms with Crippen LogP contribution in [0, 0.1) is 5.41 Å². The minimum atomic E-state index is -0.433. The minimum Gasteiger partial charge on any atom is -0.454 e. The van der Waals surface area contributed by atoms with E-state index in [9.17, 15) is 9.59 Å². The van der Waals surface area contributed by atoms with E-state index in [1.807, 2.05) is 30.1 Å². The number of nitrogens with zero attached hydrogens (tertiary/aromatic N) is 1. The van der Waals surface area contributed by atoms with E-state index in [-0.39, 0.29) is 24.6 Å². The number of rotatable bonds is 3. The number of piperidine rings is 1. The maximum atomic E-state index is 13.1. The molecule has 25 heavy (non-hydrogen) atoms. The van der Waals surface area contributed by atoms with Crippen LogP contribution < -0.4 is 14.8 Å². The Labute approximate surface area is 147 Å². The molecule has 2 fully saturated rings. The van der Waals surface area contributed by atoms with Gasteiger partial charge in [-0.15, -0.1) is 0 Å². The number of likely N-dealkylation sites (tertiary alicyclic amines) is 1. The zero-order valence-corrected chi connectivity index (χ0v) is 14.5. The molecule has 2 amide bonds. The third-order valence-electron chi connectivity index (χ3n) is 5.98. The van der Waals surface area contributed by atoms with Crippen LogP contribution in [0.5, 0.6) is 11.5 Å². The van der Waals surface area contributed by atoms with Crippen LogP contribution in [-0.2, 0) is 16.1 Å². The molecule has 6 heteroatoms. The Morgan fingerprint density at radius 2 is 2.12 bits per heavy atom. The zero-order chi connectivity index (χ0) is 17.4. The summed E-state index contributed by atoms with van der Waals surface area (Å²) in [5.74, 6) is 1.71. The minimum absolute atomic E-state index is 0.0271. The average molecular weight is 344 g/mol. The second-order valence-corrected chi connectivity index (χ2v) is 7.29. The van der Waals surface area contributed by atoms with Crippen LogP contribution in [-0.4, -0.2) is 36.6 Å². The molecular weight excluding hydrogens is 320 g/mol. The van der Waals surface area contributed by atoms with Crippen LogP contribution in [0.15, 0.2) is 18.2 Å². The quantitative estimate of drug-likeness (QED) is 0.913. The Hall–Kier alpha value is -2.24. The van der Waals surface area contributed by atoms with Crippen LogP contribution in [0.3, 0.4) is 0 Å². The van der Waals surface area contributed by atoms with Gasteiger partial charge in [0.15, 0.2) is 11.5 Å². The molecule has 1 aliphatic carbocycles. The number of benzene rings is 1.